The van der Waals surface area contributed by atoms with E-state index in [1.54, 1.807) is 11.3 Å². The first-order valence-electron chi connectivity index (χ1n) is 6.52. The molecule has 0 saturated carbocycles. The average Bonchev–Trinajstić information content (AvgIpc) is 2.84. The van der Waals surface area contributed by atoms with E-state index in [2.05, 4.69) is 28.3 Å². The summed E-state index contributed by atoms with van der Waals surface area (Å²) in [6.07, 6.45) is 1.06. The van der Waals surface area contributed by atoms with Crippen molar-refractivity contribution >= 4 is 27.4 Å². The zero-order chi connectivity index (χ0) is 13.7. The molecule has 0 spiro atoms. The Morgan fingerprint density at radius 1 is 1.42 bits per heavy atom. The van der Waals surface area contributed by atoms with Crippen LogP contribution in [0.5, 0.6) is 0 Å². The Morgan fingerprint density at radius 3 is 3.00 bits per heavy atom. The zero-order valence-electron chi connectivity index (χ0n) is 11.4. The Bertz CT molecular complexity index is 528. The molecule has 0 atom stereocenters. The third-order valence-electron chi connectivity index (χ3n) is 2.81. The van der Waals surface area contributed by atoms with Gasteiger partial charge in [0.1, 0.15) is 16.5 Å². The van der Waals surface area contributed by atoms with Crippen molar-refractivity contribution in [2.45, 2.75) is 19.9 Å². The largest absolute Gasteiger partial charge is 0.395 e. The van der Waals surface area contributed by atoms with Crippen LogP contribution in [0.4, 0.5) is 5.82 Å². The number of anilines is 1. The summed E-state index contributed by atoms with van der Waals surface area (Å²) in [5.41, 5.74) is 0. The molecular weight excluding hydrogens is 260 g/mol. The van der Waals surface area contributed by atoms with Crippen LogP contribution in [0.3, 0.4) is 0 Å². The quantitative estimate of drug-likeness (QED) is 0.811. The van der Waals surface area contributed by atoms with Gasteiger partial charge in [-0.2, -0.15) is 0 Å². The van der Waals surface area contributed by atoms with Gasteiger partial charge in [0, 0.05) is 13.1 Å². The number of fused-ring (bicyclic) bond motifs is 1. The van der Waals surface area contributed by atoms with Crippen LogP contribution in [0, 0.1) is 0 Å². The molecule has 5 nitrogen and oxygen atoms in total. The number of nitrogens with zero attached hydrogens (tertiary/aromatic N) is 3. The first kappa shape index (κ1) is 14.2. The zero-order valence-corrected chi connectivity index (χ0v) is 12.2. The second-order valence-corrected chi connectivity index (χ2v) is 5.41. The lowest BCUT2D eigenvalue weighted by atomic mass is 10.3. The van der Waals surface area contributed by atoms with Crippen molar-refractivity contribution in [3.05, 3.63) is 17.3 Å². The van der Waals surface area contributed by atoms with Crippen molar-refractivity contribution in [1.82, 2.24) is 14.9 Å². The molecule has 2 heterocycles. The van der Waals surface area contributed by atoms with E-state index < -0.39 is 0 Å². The molecule has 6 heteroatoms. The van der Waals surface area contributed by atoms with Crippen molar-refractivity contribution < 1.29 is 5.11 Å². The van der Waals surface area contributed by atoms with Crippen LogP contribution in [0.2, 0.25) is 0 Å². The Balaban J connectivity index is 2.24. The van der Waals surface area contributed by atoms with Gasteiger partial charge in [-0.15, -0.1) is 11.3 Å². The van der Waals surface area contributed by atoms with E-state index in [1.165, 1.54) is 0 Å². The summed E-state index contributed by atoms with van der Waals surface area (Å²) in [6, 6.07) is 2.05. The van der Waals surface area contributed by atoms with Crippen LogP contribution in [0.1, 0.15) is 19.2 Å². The maximum Gasteiger partial charge on any atom is 0.146 e. The highest BCUT2D eigenvalue weighted by atomic mass is 32.1. The fraction of sp³-hybridized carbons (Fsp3) is 0.538. The highest BCUT2D eigenvalue weighted by Gasteiger charge is 2.10. The molecule has 0 bridgehead atoms. The first-order chi connectivity index (χ1) is 9.24. The fourth-order valence-corrected chi connectivity index (χ4v) is 2.62. The molecule has 0 saturated heterocycles. The Morgan fingerprint density at radius 2 is 2.26 bits per heavy atom. The lowest BCUT2D eigenvalue weighted by molar-refractivity contribution is 0.215. The lowest BCUT2D eigenvalue weighted by Gasteiger charge is -2.15. The summed E-state index contributed by atoms with van der Waals surface area (Å²) in [5.74, 6) is 1.71. The highest BCUT2D eigenvalue weighted by molar-refractivity contribution is 7.16. The van der Waals surface area contributed by atoms with Crippen molar-refractivity contribution in [3.8, 4) is 0 Å². The molecule has 19 heavy (non-hydrogen) atoms. The summed E-state index contributed by atoms with van der Waals surface area (Å²) >= 11 is 1.63. The van der Waals surface area contributed by atoms with E-state index in [0.717, 1.165) is 34.8 Å². The molecule has 0 fully saturated rings. The molecule has 0 aliphatic carbocycles. The van der Waals surface area contributed by atoms with Crippen LogP contribution in [0.25, 0.3) is 10.2 Å². The minimum atomic E-state index is 0.151. The van der Waals surface area contributed by atoms with Crippen molar-refractivity contribution in [3.63, 3.8) is 0 Å². The normalized spacial score (nSPS) is 11.4. The smallest absolute Gasteiger partial charge is 0.146 e. The van der Waals surface area contributed by atoms with Gasteiger partial charge in [-0.1, -0.05) is 6.92 Å². The number of rotatable bonds is 7. The second kappa shape index (κ2) is 6.79. The molecule has 2 N–H and O–H groups in total. The number of aromatic nitrogens is 2. The topological polar surface area (TPSA) is 61.3 Å². The molecule has 2 aromatic rings. The molecule has 2 aromatic heterocycles. The molecule has 104 valence electrons. The highest BCUT2D eigenvalue weighted by Crippen LogP contribution is 2.25. The van der Waals surface area contributed by atoms with E-state index in [-0.39, 0.29) is 6.61 Å². The number of nitrogens with one attached hydrogen (secondary N) is 1. The summed E-state index contributed by atoms with van der Waals surface area (Å²) in [6.45, 7) is 4.47. The van der Waals surface area contributed by atoms with E-state index >= 15 is 0 Å². The van der Waals surface area contributed by atoms with E-state index in [4.69, 9.17) is 5.11 Å². The van der Waals surface area contributed by atoms with Gasteiger partial charge in [0.2, 0.25) is 0 Å². The third kappa shape index (κ3) is 3.62. The van der Waals surface area contributed by atoms with Crippen molar-refractivity contribution in [1.29, 1.82) is 0 Å². The van der Waals surface area contributed by atoms with Gasteiger partial charge in [-0.3, -0.25) is 4.90 Å². The van der Waals surface area contributed by atoms with Gasteiger partial charge >= 0.3 is 0 Å². The molecule has 2 rings (SSSR count). The summed E-state index contributed by atoms with van der Waals surface area (Å²) in [7, 11) is 1.96. The van der Waals surface area contributed by atoms with E-state index in [0.29, 0.717) is 13.1 Å². The Kier molecular flexibility index (Phi) is 5.07. The summed E-state index contributed by atoms with van der Waals surface area (Å²) in [5, 5.41) is 15.4. The van der Waals surface area contributed by atoms with E-state index in [1.807, 2.05) is 17.3 Å². The number of hydrogen-bond donors (Lipinski definition) is 2. The maximum absolute atomic E-state index is 8.93. The van der Waals surface area contributed by atoms with Gasteiger partial charge in [-0.05, 0) is 24.9 Å². The van der Waals surface area contributed by atoms with Crippen molar-refractivity contribution in [2.75, 3.05) is 32.1 Å². The second-order valence-electron chi connectivity index (χ2n) is 4.52. The van der Waals surface area contributed by atoms with Gasteiger partial charge in [0.15, 0.2) is 0 Å². The number of aliphatic hydroxyl groups is 1. The predicted octanol–water partition coefficient (Wildman–Crippen LogP) is 1.94. The minimum Gasteiger partial charge on any atom is -0.395 e. The van der Waals surface area contributed by atoms with Crippen LogP contribution in [-0.4, -0.2) is 46.7 Å². The molecule has 0 amide bonds. The van der Waals surface area contributed by atoms with E-state index in [9.17, 15) is 0 Å². The third-order valence-corrected chi connectivity index (χ3v) is 3.61. The monoisotopic (exact) mass is 280 g/mol. The van der Waals surface area contributed by atoms with Gasteiger partial charge in [-0.25, -0.2) is 9.97 Å². The number of hydrogen-bond acceptors (Lipinski definition) is 6. The first-order valence-corrected chi connectivity index (χ1v) is 7.40. The molecule has 0 aliphatic rings. The number of likely N-dealkylation sites (N-methyl/N-ethyl adjacent to an activating group) is 1. The molecule has 0 unspecified atom stereocenters. The van der Waals surface area contributed by atoms with Crippen LogP contribution >= 0.6 is 11.3 Å². The van der Waals surface area contributed by atoms with Gasteiger partial charge in [0.05, 0.1) is 18.5 Å². The Hall–Kier alpha value is -1.24. The molecule has 0 radical (unpaired) electrons. The van der Waals surface area contributed by atoms with Gasteiger partial charge in [0.25, 0.3) is 0 Å². The van der Waals surface area contributed by atoms with Gasteiger partial charge < -0.3 is 10.4 Å². The number of aliphatic hydroxyl groups excluding tert-OH is 1. The Labute approximate surface area is 117 Å². The van der Waals surface area contributed by atoms with Crippen LogP contribution in [0.15, 0.2) is 11.4 Å². The number of thiophene rings is 1. The summed E-state index contributed by atoms with van der Waals surface area (Å²) in [4.78, 5) is 12.2. The van der Waals surface area contributed by atoms with Crippen LogP contribution in [-0.2, 0) is 6.54 Å². The SMILES string of the molecule is CCCNc1nc(CN(C)CCO)nc2sccc12. The molecular formula is C13H20N4OS. The average molecular weight is 280 g/mol. The van der Waals surface area contributed by atoms with Crippen LogP contribution < -0.4 is 5.32 Å². The standard InChI is InChI=1S/C13H20N4OS/c1-3-5-14-12-10-4-8-19-13(10)16-11(15-12)9-17(2)6-7-18/h4,8,18H,3,5-7,9H2,1-2H3,(H,14,15,16). The predicted molar refractivity (Wildman–Crippen MR) is 79.6 cm³/mol. The fourth-order valence-electron chi connectivity index (χ4n) is 1.84. The minimum absolute atomic E-state index is 0.151. The lowest BCUT2D eigenvalue weighted by Crippen LogP contribution is -2.23. The molecule has 0 aromatic carbocycles. The molecule has 0 aliphatic heterocycles. The van der Waals surface area contributed by atoms with Crippen molar-refractivity contribution in [2.24, 2.45) is 0 Å². The summed E-state index contributed by atoms with van der Waals surface area (Å²) < 4.78 is 0. The maximum atomic E-state index is 8.93.